The van der Waals surface area contributed by atoms with Gasteiger partial charge in [-0.3, -0.25) is 14.4 Å². The Hall–Kier alpha value is -2.86. The molecule has 1 unspecified atom stereocenters. The van der Waals surface area contributed by atoms with Crippen molar-refractivity contribution in [3.8, 4) is 0 Å². The molecule has 0 aliphatic carbocycles. The lowest BCUT2D eigenvalue weighted by atomic mass is 10.1. The van der Waals surface area contributed by atoms with E-state index < -0.39 is 0 Å². The first-order valence-corrected chi connectivity index (χ1v) is 11.6. The molecule has 3 amide bonds. The second-order valence-electron chi connectivity index (χ2n) is 8.52. The Kier molecular flexibility index (Phi) is 7.10. The summed E-state index contributed by atoms with van der Waals surface area (Å²) in [6.45, 7) is 1.82. The van der Waals surface area contributed by atoms with Gasteiger partial charge in [0.2, 0.25) is 17.7 Å². The molecule has 0 aromatic heterocycles. The maximum absolute atomic E-state index is 12.5. The minimum Gasteiger partial charge on any atom is -0.356 e. The van der Waals surface area contributed by atoms with Gasteiger partial charge >= 0.3 is 0 Å². The van der Waals surface area contributed by atoms with Gasteiger partial charge in [0.05, 0.1) is 0 Å². The van der Waals surface area contributed by atoms with Gasteiger partial charge in [-0.2, -0.15) is 0 Å². The third-order valence-corrected chi connectivity index (χ3v) is 6.40. The summed E-state index contributed by atoms with van der Waals surface area (Å²) in [7, 11) is 0. The van der Waals surface area contributed by atoms with Crippen LogP contribution in [0.1, 0.15) is 37.7 Å². The number of carbonyl (C=O) groups excluding carboxylic acids is 3. The summed E-state index contributed by atoms with van der Waals surface area (Å²) in [4.78, 5) is 40.5. The molecular weight excluding hydrogens is 426 g/mol. The maximum atomic E-state index is 12.5. The summed E-state index contributed by atoms with van der Waals surface area (Å²) in [5.41, 5.74) is 2.79. The number of hydrogen-bond acceptors (Lipinski definition) is 3. The van der Waals surface area contributed by atoms with Gasteiger partial charge in [0.15, 0.2) is 0 Å². The second kappa shape index (κ2) is 10.2. The van der Waals surface area contributed by atoms with Gasteiger partial charge in [-0.05, 0) is 61.2 Å². The molecule has 1 N–H and O–H groups in total. The van der Waals surface area contributed by atoms with Crippen molar-refractivity contribution >= 4 is 40.7 Å². The SMILES string of the molecule is O=C(CCc1ccc(Cl)cc1)NCC1CC(=O)N(c2ccc(N3CCCCC3=O)cc2)C1. The number of anilines is 2. The van der Waals surface area contributed by atoms with E-state index >= 15 is 0 Å². The number of piperidine rings is 1. The van der Waals surface area contributed by atoms with E-state index in [0.717, 1.165) is 36.3 Å². The predicted molar refractivity (Wildman–Crippen MR) is 126 cm³/mol. The molecule has 7 heteroatoms. The molecule has 2 fully saturated rings. The second-order valence-corrected chi connectivity index (χ2v) is 8.96. The van der Waals surface area contributed by atoms with Gasteiger partial charge in [-0.25, -0.2) is 0 Å². The Balaban J connectivity index is 1.26. The van der Waals surface area contributed by atoms with Crippen LogP contribution >= 0.6 is 11.6 Å². The lowest BCUT2D eigenvalue weighted by Gasteiger charge is -2.27. The van der Waals surface area contributed by atoms with Crippen molar-refractivity contribution < 1.29 is 14.4 Å². The molecule has 4 rings (SSSR count). The minimum absolute atomic E-state index is 0.0126. The van der Waals surface area contributed by atoms with E-state index in [9.17, 15) is 14.4 Å². The molecule has 2 heterocycles. The van der Waals surface area contributed by atoms with Gasteiger partial charge in [0.25, 0.3) is 0 Å². The van der Waals surface area contributed by atoms with Crippen molar-refractivity contribution in [3.05, 3.63) is 59.1 Å². The van der Waals surface area contributed by atoms with Crippen molar-refractivity contribution in [2.75, 3.05) is 29.4 Å². The molecule has 2 aromatic rings. The van der Waals surface area contributed by atoms with Gasteiger partial charge in [-0.15, -0.1) is 0 Å². The summed E-state index contributed by atoms with van der Waals surface area (Å²) >= 11 is 5.89. The van der Waals surface area contributed by atoms with Crippen LogP contribution in [0.25, 0.3) is 0 Å². The highest BCUT2D eigenvalue weighted by molar-refractivity contribution is 6.30. The normalized spacial score (nSPS) is 18.8. The third-order valence-electron chi connectivity index (χ3n) is 6.14. The van der Waals surface area contributed by atoms with Crippen LogP contribution in [-0.2, 0) is 20.8 Å². The Morgan fingerprint density at radius 2 is 1.62 bits per heavy atom. The third kappa shape index (κ3) is 5.49. The number of hydrogen-bond donors (Lipinski definition) is 1. The molecule has 2 saturated heterocycles. The van der Waals surface area contributed by atoms with E-state index in [1.165, 1.54) is 0 Å². The number of carbonyl (C=O) groups is 3. The molecule has 0 bridgehead atoms. The molecule has 0 radical (unpaired) electrons. The van der Waals surface area contributed by atoms with Crippen LogP contribution in [0.4, 0.5) is 11.4 Å². The lowest BCUT2D eigenvalue weighted by molar-refractivity contribution is -0.121. The molecule has 1 atom stereocenters. The summed E-state index contributed by atoms with van der Waals surface area (Å²) in [5.74, 6) is 0.298. The van der Waals surface area contributed by atoms with Crippen molar-refractivity contribution in [1.82, 2.24) is 5.32 Å². The first-order chi connectivity index (χ1) is 15.5. The Labute approximate surface area is 193 Å². The Bertz CT molecular complexity index is 975. The summed E-state index contributed by atoms with van der Waals surface area (Å²) in [6, 6.07) is 15.1. The van der Waals surface area contributed by atoms with Gasteiger partial charge in [0.1, 0.15) is 0 Å². The summed E-state index contributed by atoms with van der Waals surface area (Å²) < 4.78 is 0. The van der Waals surface area contributed by atoms with Crippen molar-refractivity contribution in [1.29, 1.82) is 0 Å². The van der Waals surface area contributed by atoms with E-state index in [4.69, 9.17) is 11.6 Å². The maximum Gasteiger partial charge on any atom is 0.227 e. The molecule has 0 saturated carbocycles. The zero-order chi connectivity index (χ0) is 22.5. The molecule has 2 aliphatic rings. The average Bonchev–Trinajstić information content (AvgIpc) is 3.18. The van der Waals surface area contributed by atoms with Gasteiger partial charge < -0.3 is 15.1 Å². The van der Waals surface area contributed by atoms with E-state index in [2.05, 4.69) is 5.32 Å². The van der Waals surface area contributed by atoms with Crippen molar-refractivity contribution in [2.24, 2.45) is 5.92 Å². The van der Waals surface area contributed by atoms with Crippen LogP contribution < -0.4 is 15.1 Å². The van der Waals surface area contributed by atoms with E-state index in [-0.39, 0.29) is 23.6 Å². The highest BCUT2D eigenvalue weighted by Crippen LogP contribution is 2.28. The van der Waals surface area contributed by atoms with Gasteiger partial charge in [0, 0.05) is 61.2 Å². The first-order valence-electron chi connectivity index (χ1n) is 11.2. The first kappa shape index (κ1) is 22.3. The number of nitrogens with zero attached hydrogens (tertiary/aromatic N) is 2. The van der Waals surface area contributed by atoms with Crippen LogP contribution in [0.2, 0.25) is 5.02 Å². The van der Waals surface area contributed by atoms with Crippen LogP contribution in [0.15, 0.2) is 48.5 Å². The Morgan fingerprint density at radius 1 is 0.938 bits per heavy atom. The van der Waals surface area contributed by atoms with Crippen LogP contribution in [0.5, 0.6) is 0 Å². The fraction of sp³-hybridized carbons (Fsp3) is 0.400. The molecule has 32 heavy (non-hydrogen) atoms. The highest BCUT2D eigenvalue weighted by atomic mass is 35.5. The van der Waals surface area contributed by atoms with Crippen LogP contribution in [-0.4, -0.2) is 37.4 Å². The number of nitrogens with one attached hydrogen (secondary N) is 1. The molecule has 168 valence electrons. The van der Waals surface area contributed by atoms with Crippen molar-refractivity contribution in [2.45, 2.75) is 38.5 Å². The van der Waals surface area contributed by atoms with E-state index in [0.29, 0.717) is 43.8 Å². The molecule has 2 aromatic carbocycles. The number of benzene rings is 2. The van der Waals surface area contributed by atoms with Crippen molar-refractivity contribution in [3.63, 3.8) is 0 Å². The average molecular weight is 454 g/mol. The fourth-order valence-corrected chi connectivity index (χ4v) is 4.44. The predicted octanol–water partition coefficient (Wildman–Crippen LogP) is 3.96. The summed E-state index contributed by atoms with van der Waals surface area (Å²) in [5, 5.41) is 3.65. The fourth-order valence-electron chi connectivity index (χ4n) is 4.31. The molecule has 0 spiro atoms. The zero-order valence-electron chi connectivity index (χ0n) is 18.1. The van der Waals surface area contributed by atoms with E-state index in [1.807, 2.05) is 53.4 Å². The summed E-state index contributed by atoms with van der Waals surface area (Å²) in [6.07, 6.45) is 4.05. The number of halogens is 1. The van der Waals surface area contributed by atoms with E-state index in [1.54, 1.807) is 4.90 Å². The standard InChI is InChI=1S/C25H28ClN3O3/c26-20-7-4-18(5-8-20)6-13-23(30)27-16-19-15-25(32)29(17-19)22-11-9-21(10-12-22)28-14-2-1-3-24(28)31/h4-5,7-12,19H,1-3,6,13-17H2,(H,27,30). The number of amides is 3. The molecule has 2 aliphatic heterocycles. The zero-order valence-corrected chi connectivity index (χ0v) is 18.8. The monoisotopic (exact) mass is 453 g/mol. The molecular formula is C25H28ClN3O3. The largest absolute Gasteiger partial charge is 0.356 e. The Morgan fingerprint density at radius 3 is 2.31 bits per heavy atom. The topological polar surface area (TPSA) is 69.7 Å². The highest BCUT2D eigenvalue weighted by Gasteiger charge is 2.31. The van der Waals surface area contributed by atoms with Crippen LogP contribution in [0, 0.1) is 5.92 Å². The minimum atomic E-state index is -0.0126. The molecule has 6 nitrogen and oxygen atoms in total. The number of aryl methyl sites for hydroxylation is 1. The lowest BCUT2D eigenvalue weighted by Crippen LogP contribution is -2.35. The quantitative estimate of drug-likeness (QED) is 0.689. The smallest absolute Gasteiger partial charge is 0.227 e. The van der Waals surface area contributed by atoms with Gasteiger partial charge in [-0.1, -0.05) is 23.7 Å². The van der Waals surface area contributed by atoms with Crippen LogP contribution in [0.3, 0.4) is 0 Å². The number of rotatable bonds is 7.